The molecule has 1 aromatic carbocycles. The van der Waals surface area contributed by atoms with Crippen LogP contribution in [0.2, 0.25) is 0 Å². The van der Waals surface area contributed by atoms with Crippen molar-refractivity contribution in [1.29, 1.82) is 0 Å². The third-order valence-electron chi connectivity index (χ3n) is 2.89. The summed E-state index contributed by atoms with van der Waals surface area (Å²) >= 11 is 0. The van der Waals surface area contributed by atoms with E-state index in [1.54, 1.807) is 18.6 Å². The Bertz CT molecular complexity index is 685. The lowest BCUT2D eigenvalue weighted by Gasteiger charge is -2.08. The smallest absolute Gasteiger partial charge is 0.229 e. The quantitative estimate of drug-likeness (QED) is 0.749. The van der Waals surface area contributed by atoms with Crippen molar-refractivity contribution >= 4 is 17.5 Å². The van der Waals surface area contributed by atoms with Crippen molar-refractivity contribution in [2.24, 2.45) is 0 Å². The summed E-state index contributed by atoms with van der Waals surface area (Å²) in [6, 6.07) is 15.8. The van der Waals surface area contributed by atoms with Gasteiger partial charge in [-0.15, -0.1) is 0 Å². The van der Waals surface area contributed by atoms with E-state index in [9.17, 15) is 0 Å². The van der Waals surface area contributed by atoms with E-state index in [2.05, 4.69) is 37.7 Å². The van der Waals surface area contributed by atoms with Crippen molar-refractivity contribution in [2.75, 3.05) is 10.6 Å². The fourth-order valence-corrected chi connectivity index (χ4v) is 1.87. The highest BCUT2D eigenvalue weighted by molar-refractivity contribution is 5.53. The van der Waals surface area contributed by atoms with Crippen molar-refractivity contribution in [3.63, 3.8) is 0 Å². The third-order valence-corrected chi connectivity index (χ3v) is 2.89. The molecule has 2 aromatic heterocycles. The normalized spacial score (nSPS) is 10.1. The Balaban J connectivity index is 1.66. The highest BCUT2D eigenvalue weighted by Gasteiger charge is 2.00. The third kappa shape index (κ3) is 3.76. The first-order valence-electron chi connectivity index (χ1n) is 6.68. The molecule has 0 amide bonds. The molecule has 0 fully saturated rings. The molecule has 0 aliphatic heterocycles. The first kappa shape index (κ1) is 13.1. The number of nitrogens with one attached hydrogen (secondary N) is 2. The molecule has 0 aliphatic rings. The Morgan fingerprint density at radius 3 is 2.62 bits per heavy atom. The molecule has 0 radical (unpaired) electrons. The van der Waals surface area contributed by atoms with Gasteiger partial charge in [0, 0.05) is 18.9 Å². The Morgan fingerprint density at radius 2 is 1.81 bits per heavy atom. The second kappa shape index (κ2) is 6.47. The zero-order valence-electron chi connectivity index (χ0n) is 11.4. The summed E-state index contributed by atoms with van der Waals surface area (Å²) in [5, 5.41) is 6.40. The van der Waals surface area contributed by atoms with E-state index in [1.165, 1.54) is 5.56 Å². The molecule has 0 saturated carbocycles. The van der Waals surface area contributed by atoms with Crippen LogP contribution < -0.4 is 10.6 Å². The number of benzene rings is 1. The number of anilines is 3. The predicted molar refractivity (Wildman–Crippen MR) is 83.3 cm³/mol. The van der Waals surface area contributed by atoms with Gasteiger partial charge in [-0.25, -0.2) is 4.98 Å². The maximum Gasteiger partial charge on any atom is 0.229 e. The molecule has 5 heteroatoms. The minimum atomic E-state index is 0.543. The van der Waals surface area contributed by atoms with Gasteiger partial charge >= 0.3 is 0 Å². The molecule has 0 bridgehead atoms. The molecule has 0 spiro atoms. The lowest BCUT2D eigenvalue weighted by Crippen LogP contribution is -2.04. The van der Waals surface area contributed by atoms with Crippen LogP contribution in [0.5, 0.6) is 0 Å². The van der Waals surface area contributed by atoms with E-state index in [-0.39, 0.29) is 0 Å². The first-order valence-corrected chi connectivity index (χ1v) is 6.68. The number of pyridine rings is 1. The molecular weight excluding hydrogens is 262 g/mol. The molecule has 5 nitrogen and oxygen atoms in total. The zero-order valence-corrected chi connectivity index (χ0v) is 11.4. The van der Waals surface area contributed by atoms with Crippen LogP contribution in [0.4, 0.5) is 17.5 Å². The standard InChI is InChI=1S/C16H15N5/c1-2-5-13(6-3-1)11-19-15-8-10-18-16(21-15)20-14-7-4-9-17-12-14/h1-10,12H,11H2,(H2,18,19,20,21). The minimum absolute atomic E-state index is 0.543. The molecule has 2 N–H and O–H groups in total. The first-order chi connectivity index (χ1) is 10.4. The summed E-state index contributed by atoms with van der Waals surface area (Å²) in [6.07, 6.45) is 5.18. The van der Waals surface area contributed by atoms with Crippen molar-refractivity contribution in [2.45, 2.75) is 6.54 Å². The lowest BCUT2D eigenvalue weighted by atomic mass is 10.2. The maximum absolute atomic E-state index is 4.42. The molecule has 3 rings (SSSR count). The van der Waals surface area contributed by atoms with E-state index >= 15 is 0 Å². The number of rotatable bonds is 5. The number of nitrogens with zero attached hydrogens (tertiary/aromatic N) is 3. The van der Waals surface area contributed by atoms with Crippen molar-refractivity contribution < 1.29 is 0 Å². The molecular formula is C16H15N5. The molecule has 0 saturated heterocycles. The van der Waals surface area contributed by atoms with Crippen molar-refractivity contribution in [3.05, 3.63) is 72.7 Å². The van der Waals surface area contributed by atoms with Gasteiger partial charge < -0.3 is 10.6 Å². The maximum atomic E-state index is 4.42. The van der Waals surface area contributed by atoms with E-state index in [0.717, 1.165) is 18.1 Å². The monoisotopic (exact) mass is 277 g/mol. The van der Waals surface area contributed by atoms with E-state index in [1.807, 2.05) is 36.4 Å². The zero-order chi connectivity index (χ0) is 14.3. The predicted octanol–water partition coefficient (Wildman–Crippen LogP) is 3.23. The molecule has 2 heterocycles. The van der Waals surface area contributed by atoms with Gasteiger partial charge in [-0.2, -0.15) is 4.98 Å². The van der Waals surface area contributed by atoms with Crippen LogP contribution in [0.3, 0.4) is 0 Å². The molecule has 0 aliphatic carbocycles. The summed E-state index contributed by atoms with van der Waals surface area (Å²) in [4.78, 5) is 12.7. The van der Waals surface area contributed by atoms with E-state index in [4.69, 9.17) is 0 Å². The minimum Gasteiger partial charge on any atom is -0.366 e. The highest BCUT2D eigenvalue weighted by atomic mass is 15.1. The van der Waals surface area contributed by atoms with Crippen LogP contribution in [-0.4, -0.2) is 15.0 Å². The van der Waals surface area contributed by atoms with Gasteiger partial charge in [0.05, 0.1) is 11.9 Å². The molecule has 21 heavy (non-hydrogen) atoms. The van der Waals surface area contributed by atoms with Crippen LogP contribution in [0, 0.1) is 0 Å². The van der Waals surface area contributed by atoms with E-state index < -0.39 is 0 Å². The largest absolute Gasteiger partial charge is 0.366 e. The second-order valence-corrected chi connectivity index (χ2v) is 4.47. The van der Waals surface area contributed by atoms with Gasteiger partial charge in [0.15, 0.2) is 0 Å². The van der Waals surface area contributed by atoms with E-state index in [0.29, 0.717) is 5.95 Å². The van der Waals surface area contributed by atoms with Crippen LogP contribution in [0.25, 0.3) is 0 Å². The van der Waals surface area contributed by atoms with Crippen LogP contribution in [-0.2, 0) is 6.54 Å². The Labute approximate surface area is 123 Å². The average molecular weight is 277 g/mol. The van der Waals surface area contributed by atoms with Gasteiger partial charge in [-0.1, -0.05) is 30.3 Å². The topological polar surface area (TPSA) is 62.7 Å². The Hall–Kier alpha value is -2.95. The Kier molecular flexibility index (Phi) is 4.02. The fourth-order valence-electron chi connectivity index (χ4n) is 1.87. The molecule has 0 atom stereocenters. The summed E-state index contributed by atoms with van der Waals surface area (Å²) in [7, 11) is 0. The van der Waals surface area contributed by atoms with Crippen LogP contribution >= 0.6 is 0 Å². The van der Waals surface area contributed by atoms with Crippen molar-refractivity contribution in [1.82, 2.24) is 15.0 Å². The Morgan fingerprint density at radius 1 is 0.905 bits per heavy atom. The molecule has 0 unspecified atom stereocenters. The molecule has 104 valence electrons. The fraction of sp³-hybridized carbons (Fsp3) is 0.0625. The van der Waals surface area contributed by atoms with Gasteiger partial charge in [-0.3, -0.25) is 4.98 Å². The second-order valence-electron chi connectivity index (χ2n) is 4.47. The van der Waals surface area contributed by atoms with Crippen molar-refractivity contribution in [3.8, 4) is 0 Å². The summed E-state index contributed by atoms with van der Waals surface area (Å²) < 4.78 is 0. The van der Waals surface area contributed by atoms with Gasteiger partial charge in [0.2, 0.25) is 5.95 Å². The summed E-state index contributed by atoms with van der Waals surface area (Å²) in [5.41, 5.74) is 2.07. The van der Waals surface area contributed by atoms with Crippen LogP contribution in [0.1, 0.15) is 5.56 Å². The molecule has 3 aromatic rings. The van der Waals surface area contributed by atoms with Crippen LogP contribution in [0.15, 0.2) is 67.1 Å². The summed E-state index contributed by atoms with van der Waals surface area (Å²) in [5.74, 6) is 1.32. The van der Waals surface area contributed by atoms with Gasteiger partial charge in [0.25, 0.3) is 0 Å². The highest BCUT2D eigenvalue weighted by Crippen LogP contribution is 2.13. The summed E-state index contributed by atoms with van der Waals surface area (Å²) in [6.45, 7) is 0.726. The lowest BCUT2D eigenvalue weighted by molar-refractivity contribution is 1.08. The number of hydrogen-bond acceptors (Lipinski definition) is 5. The SMILES string of the molecule is c1ccc(CNc2ccnc(Nc3cccnc3)n2)cc1. The number of aromatic nitrogens is 3. The van der Waals surface area contributed by atoms with Gasteiger partial charge in [0.1, 0.15) is 5.82 Å². The number of hydrogen-bond donors (Lipinski definition) is 2. The average Bonchev–Trinajstić information content (AvgIpc) is 2.55. The van der Waals surface area contributed by atoms with Gasteiger partial charge in [-0.05, 0) is 23.8 Å².